The lowest BCUT2D eigenvalue weighted by molar-refractivity contribution is -0.131. The molecule has 1 aliphatic carbocycles. The molecule has 1 N–H and O–H groups in total. The monoisotopic (exact) mass is 348 g/mol. The molecule has 1 saturated carbocycles. The van der Waals surface area contributed by atoms with E-state index >= 15 is 0 Å². The molecule has 5 heteroatoms. The fourth-order valence-electron chi connectivity index (χ4n) is 3.88. The summed E-state index contributed by atoms with van der Waals surface area (Å²) >= 11 is 0. The van der Waals surface area contributed by atoms with Gasteiger partial charge in [-0.3, -0.25) is 9.69 Å². The highest BCUT2D eigenvalue weighted by atomic mass is 19.1. The zero-order valence-corrected chi connectivity index (χ0v) is 15.1. The number of phenolic OH excluding ortho intramolecular Hbond substituents is 1. The van der Waals surface area contributed by atoms with Crippen molar-refractivity contribution < 1.29 is 14.3 Å². The Labute approximate surface area is 149 Å². The molecule has 25 heavy (non-hydrogen) atoms. The summed E-state index contributed by atoms with van der Waals surface area (Å²) in [6.07, 6.45) is 5.82. The van der Waals surface area contributed by atoms with E-state index in [-0.39, 0.29) is 11.7 Å². The summed E-state index contributed by atoms with van der Waals surface area (Å²) in [6.45, 7) is 5.99. The van der Waals surface area contributed by atoms with Gasteiger partial charge in [-0.15, -0.1) is 0 Å². The van der Waals surface area contributed by atoms with Crippen LogP contribution in [0.2, 0.25) is 0 Å². The Hall–Kier alpha value is -1.62. The third kappa shape index (κ3) is 4.72. The van der Waals surface area contributed by atoms with Gasteiger partial charge in [0.05, 0.1) is 0 Å². The van der Waals surface area contributed by atoms with Gasteiger partial charge in [-0.1, -0.05) is 19.4 Å². The number of rotatable bonds is 5. The largest absolute Gasteiger partial charge is 0.505 e. The van der Waals surface area contributed by atoms with Crippen LogP contribution in [0.25, 0.3) is 0 Å². The van der Waals surface area contributed by atoms with E-state index in [1.165, 1.54) is 31.4 Å². The van der Waals surface area contributed by atoms with Gasteiger partial charge >= 0.3 is 0 Å². The van der Waals surface area contributed by atoms with Gasteiger partial charge in [0.15, 0.2) is 11.6 Å². The zero-order chi connectivity index (χ0) is 17.8. The highest BCUT2D eigenvalue weighted by Gasteiger charge is 2.30. The summed E-state index contributed by atoms with van der Waals surface area (Å²) in [6, 6.07) is 5.18. The van der Waals surface area contributed by atoms with Crippen molar-refractivity contribution >= 4 is 5.91 Å². The normalized spacial score (nSPS) is 22.5. The molecule has 0 bridgehead atoms. The summed E-state index contributed by atoms with van der Waals surface area (Å²) in [5.41, 5.74) is 0.823. The van der Waals surface area contributed by atoms with E-state index in [9.17, 15) is 14.3 Å². The number of phenols is 1. The van der Waals surface area contributed by atoms with Crippen LogP contribution in [0, 0.1) is 11.7 Å². The number of amides is 1. The molecule has 2 aliphatic rings. The number of nitrogens with zero attached hydrogens (tertiary/aromatic N) is 2. The molecule has 0 aromatic heterocycles. The Morgan fingerprint density at radius 3 is 2.76 bits per heavy atom. The minimum atomic E-state index is -0.596. The van der Waals surface area contributed by atoms with E-state index in [2.05, 4.69) is 11.8 Å². The maximum Gasteiger partial charge on any atom is 0.222 e. The van der Waals surface area contributed by atoms with Crippen molar-refractivity contribution in [1.29, 1.82) is 0 Å². The number of halogens is 1. The maximum absolute atomic E-state index is 13.4. The first-order chi connectivity index (χ1) is 12.0. The molecule has 1 heterocycles. The maximum atomic E-state index is 13.4. The lowest BCUT2D eigenvalue weighted by Crippen LogP contribution is -2.43. The quantitative estimate of drug-likeness (QED) is 0.889. The minimum Gasteiger partial charge on any atom is -0.505 e. The number of aryl methyl sites for hydroxylation is 1. The van der Waals surface area contributed by atoms with Crippen LogP contribution in [0.4, 0.5) is 4.39 Å². The highest BCUT2D eigenvalue weighted by molar-refractivity contribution is 5.76. The van der Waals surface area contributed by atoms with Crippen LogP contribution in [0.1, 0.15) is 44.6 Å². The summed E-state index contributed by atoms with van der Waals surface area (Å²) in [7, 11) is 0. The number of benzene rings is 1. The van der Waals surface area contributed by atoms with E-state index in [4.69, 9.17) is 0 Å². The lowest BCUT2D eigenvalue weighted by Gasteiger charge is -2.37. The van der Waals surface area contributed by atoms with Crippen LogP contribution >= 0.6 is 0 Å². The van der Waals surface area contributed by atoms with Crippen molar-refractivity contribution in [2.75, 3.05) is 26.2 Å². The van der Waals surface area contributed by atoms with Gasteiger partial charge in [0.25, 0.3) is 0 Å². The van der Waals surface area contributed by atoms with Crippen molar-refractivity contribution in [1.82, 2.24) is 9.80 Å². The van der Waals surface area contributed by atoms with Gasteiger partial charge in [0, 0.05) is 38.6 Å². The molecule has 1 atom stereocenters. The number of aromatic hydroxyl groups is 1. The smallest absolute Gasteiger partial charge is 0.222 e. The SMILES string of the molecule is CC1CN(C(=O)CCCc2ccc(O)c(F)c2)CCN(C2CCC2)C1. The van der Waals surface area contributed by atoms with Gasteiger partial charge in [-0.05, 0) is 49.3 Å². The van der Waals surface area contributed by atoms with Crippen LogP contribution < -0.4 is 0 Å². The second-order valence-electron chi connectivity index (χ2n) is 7.66. The third-order valence-electron chi connectivity index (χ3n) is 5.55. The summed E-state index contributed by atoms with van der Waals surface area (Å²) in [5, 5.41) is 9.22. The van der Waals surface area contributed by atoms with E-state index < -0.39 is 5.82 Å². The molecule has 1 aliphatic heterocycles. The van der Waals surface area contributed by atoms with Gasteiger partial charge in [-0.25, -0.2) is 4.39 Å². The van der Waals surface area contributed by atoms with Gasteiger partial charge in [0.1, 0.15) is 0 Å². The fraction of sp³-hybridized carbons (Fsp3) is 0.650. The average molecular weight is 348 g/mol. The van der Waals surface area contributed by atoms with Crippen molar-refractivity contribution in [2.45, 2.75) is 51.5 Å². The van der Waals surface area contributed by atoms with E-state index in [0.29, 0.717) is 25.2 Å². The standard InChI is InChI=1S/C20H29FN2O2/c1-15-13-22(17-5-3-6-17)10-11-23(14-15)20(25)7-2-4-16-8-9-19(24)18(21)12-16/h8-9,12,15,17,24H,2-7,10-11,13-14H2,1H3. The Morgan fingerprint density at radius 1 is 1.28 bits per heavy atom. The fourth-order valence-corrected chi connectivity index (χ4v) is 3.88. The molecule has 1 amide bonds. The van der Waals surface area contributed by atoms with Crippen molar-refractivity contribution in [3.05, 3.63) is 29.6 Å². The molecular weight excluding hydrogens is 319 g/mol. The van der Waals surface area contributed by atoms with Gasteiger partial charge in [0.2, 0.25) is 5.91 Å². The van der Waals surface area contributed by atoms with Crippen LogP contribution in [-0.2, 0) is 11.2 Å². The van der Waals surface area contributed by atoms with E-state index in [1.807, 2.05) is 4.90 Å². The molecule has 4 nitrogen and oxygen atoms in total. The molecule has 0 spiro atoms. The number of hydrogen-bond donors (Lipinski definition) is 1. The summed E-state index contributed by atoms with van der Waals surface area (Å²) in [4.78, 5) is 17.1. The zero-order valence-electron chi connectivity index (χ0n) is 15.1. The highest BCUT2D eigenvalue weighted by Crippen LogP contribution is 2.26. The molecule has 1 aromatic rings. The minimum absolute atomic E-state index is 0.210. The number of hydrogen-bond acceptors (Lipinski definition) is 3. The summed E-state index contributed by atoms with van der Waals surface area (Å²) in [5.74, 6) is -0.199. The Bertz CT molecular complexity index is 603. The van der Waals surface area contributed by atoms with E-state index in [0.717, 1.165) is 37.8 Å². The number of carbonyl (C=O) groups excluding carboxylic acids is 1. The topological polar surface area (TPSA) is 43.8 Å². The molecule has 2 fully saturated rings. The van der Waals surface area contributed by atoms with Crippen molar-refractivity contribution in [2.24, 2.45) is 5.92 Å². The van der Waals surface area contributed by atoms with Crippen LogP contribution in [0.3, 0.4) is 0 Å². The van der Waals surface area contributed by atoms with Crippen molar-refractivity contribution in [3.63, 3.8) is 0 Å². The molecular formula is C20H29FN2O2. The second kappa shape index (κ2) is 8.17. The third-order valence-corrected chi connectivity index (χ3v) is 5.55. The molecule has 1 unspecified atom stereocenters. The average Bonchev–Trinajstić information content (AvgIpc) is 2.71. The first-order valence-corrected chi connectivity index (χ1v) is 9.52. The Morgan fingerprint density at radius 2 is 2.08 bits per heavy atom. The van der Waals surface area contributed by atoms with Crippen LogP contribution in [0.15, 0.2) is 18.2 Å². The summed E-state index contributed by atoms with van der Waals surface area (Å²) < 4.78 is 13.4. The first-order valence-electron chi connectivity index (χ1n) is 9.52. The molecule has 0 radical (unpaired) electrons. The number of carbonyl (C=O) groups is 1. The van der Waals surface area contributed by atoms with Gasteiger partial charge in [-0.2, -0.15) is 0 Å². The molecule has 138 valence electrons. The van der Waals surface area contributed by atoms with Crippen LogP contribution in [0.5, 0.6) is 5.75 Å². The molecule has 1 saturated heterocycles. The predicted molar refractivity (Wildman–Crippen MR) is 96.0 cm³/mol. The lowest BCUT2D eigenvalue weighted by atomic mass is 9.91. The first kappa shape index (κ1) is 18.2. The van der Waals surface area contributed by atoms with Gasteiger partial charge < -0.3 is 10.0 Å². The Balaban J connectivity index is 1.46. The van der Waals surface area contributed by atoms with Crippen molar-refractivity contribution in [3.8, 4) is 5.75 Å². The molecule has 1 aromatic carbocycles. The van der Waals surface area contributed by atoms with Crippen LogP contribution in [-0.4, -0.2) is 53.0 Å². The Kier molecular flexibility index (Phi) is 5.94. The second-order valence-corrected chi connectivity index (χ2v) is 7.66. The predicted octanol–water partition coefficient (Wildman–Crippen LogP) is 3.19. The molecule has 3 rings (SSSR count). The van der Waals surface area contributed by atoms with E-state index in [1.54, 1.807) is 6.07 Å².